The Bertz CT molecular complexity index is 696. The first-order valence-corrected chi connectivity index (χ1v) is 10.3. The molecule has 1 fully saturated rings. The summed E-state index contributed by atoms with van der Waals surface area (Å²) < 4.78 is 5.94. The van der Waals surface area contributed by atoms with E-state index < -0.39 is 11.6 Å². The Morgan fingerprint density at radius 3 is 2.44 bits per heavy atom. The Morgan fingerprint density at radius 2 is 1.96 bits per heavy atom. The second-order valence-corrected chi connectivity index (χ2v) is 9.60. The molecule has 0 bridgehead atoms. The predicted molar refractivity (Wildman–Crippen MR) is 109 cm³/mol. The van der Waals surface area contributed by atoms with Gasteiger partial charge in [0.25, 0.3) is 5.91 Å². The number of hydrogen-bond acceptors (Lipinski definition) is 5. The number of carbonyl (C=O) groups is 3. The molecule has 2 rings (SSSR count). The molecule has 1 aliphatic heterocycles. The SMILES string of the molecule is CC(=O)C(CC1CCN(C(=O)OC(C)(C)C)CC1)NC(=O)c1ccc(Cl)s1.[HH]. The summed E-state index contributed by atoms with van der Waals surface area (Å²) in [5.74, 6) is -0.0799. The maximum absolute atomic E-state index is 12.3. The first-order valence-electron chi connectivity index (χ1n) is 9.09. The highest BCUT2D eigenvalue weighted by atomic mass is 35.5. The van der Waals surface area contributed by atoms with Crippen LogP contribution in [0.5, 0.6) is 0 Å². The summed E-state index contributed by atoms with van der Waals surface area (Å²) in [6.45, 7) is 8.22. The van der Waals surface area contributed by atoms with Crippen LogP contribution < -0.4 is 5.32 Å². The van der Waals surface area contributed by atoms with Crippen LogP contribution in [0.4, 0.5) is 4.79 Å². The summed E-state index contributed by atoms with van der Waals surface area (Å²) in [6, 6.07) is 2.78. The summed E-state index contributed by atoms with van der Waals surface area (Å²) in [4.78, 5) is 38.6. The maximum Gasteiger partial charge on any atom is 0.410 e. The van der Waals surface area contributed by atoms with Gasteiger partial charge in [0.15, 0.2) is 5.78 Å². The van der Waals surface area contributed by atoms with Gasteiger partial charge in [-0.05, 0) is 65.0 Å². The molecule has 1 unspecified atom stereocenters. The van der Waals surface area contributed by atoms with E-state index in [2.05, 4.69) is 5.32 Å². The van der Waals surface area contributed by atoms with Gasteiger partial charge in [-0.1, -0.05) is 11.6 Å². The van der Waals surface area contributed by atoms with E-state index in [0.29, 0.717) is 28.7 Å². The molecule has 152 valence electrons. The number of nitrogens with one attached hydrogen (secondary N) is 1. The first-order chi connectivity index (χ1) is 12.5. The van der Waals surface area contributed by atoms with E-state index in [0.717, 1.165) is 12.8 Å². The number of halogens is 1. The number of piperidine rings is 1. The Labute approximate surface area is 170 Å². The molecular formula is C19H29ClN2O4S. The minimum Gasteiger partial charge on any atom is -0.444 e. The number of nitrogens with zero attached hydrogens (tertiary/aromatic N) is 1. The minimum absolute atomic E-state index is 0. The molecule has 6 nitrogen and oxygen atoms in total. The van der Waals surface area contributed by atoms with Crippen molar-refractivity contribution in [1.29, 1.82) is 0 Å². The van der Waals surface area contributed by atoms with Crippen molar-refractivity contribution in [2.24, 2.45) is 5.92 Å². The molecule has 1 aliphatic rings. The number of thiophene rings is 1. The normalized spacial score (nSPS) is 16.7. The highest BCUT2D eigenvalue weighted by Gasteiger charge is 2.29. The number of Topliss-reactive ketones (excluding diaryl/α,β-unsaturated/α-hetero) is 1. The van der Waals surface area contributed by atoms with Crippen molar-refractivity contribution in [2.75, 3.05) is 13.1 Å². The van der Waals surface area contributed by atoms with Gasteiger partial charge in [0.1, 0.15) is 5.60 Å². The Morgan fingerprint density at radius 1 is 1.33 bits per heavy atom. The predicted octanol–water partition coefficient (Wildman–Crippen LogP) is 4.37. The second kappa shape index (κ2) is 9.06. The van der Waals surface area contributed by atoms with Crippen LogP contribution in [0.25, 0.3) is 0 Å². The van der Waals surface area contributed by atoms with Crippen LogP contribution in [-0.4, -0.2) is 47.4 Å². The molecule has 2 heterocycles. The van der Waals surface area contributed by atoms with E-state index in [1.807, 2.05) is 20.8 Å². The van der Waals surface area contributed by atoms with Crippen molar-refractivity contribution >= 4 is 40.7 Å². The summed E-state index contributed by atoms with van der Waals surface area (Å²) in [5, 5.41) is 2.82. The molecule has 8 heteroatoms. The van der Waals surface area contributed by atoms with Crippen LogP contribution in [0.2, 0.25) is 4.34 Å². The van der Waals surface area contributed by atoms with Crippen LogP contribution >= 0.6 is 22.9 Å². The molecule has 1 aromatic heterocycles. The van der Waals surface area contributed by atoms with E-state index in [1.54, 1.807) is 17.0 Å². The molecule has 2 amide bonds. The molecule has 1 aromatic rings. The zero-order chi connectivity index (χ0) is 20.2. The van der Waals surface area contributed by atoms with Crippen LogP contribution in [0.1, 0.15) is 58.1 Å². The lowest BCUT2D eigenvalue weighted by Gasteiger charge is -2.34. The fourth-order valence-electron chi connectivity index (χ4n) is 3.00. The molecule has 0 radical (unpaired) electrons. The zero-order valence-corrected chi connectivity index (χ0v) is 17.8. The monoisotopic (exact) mass is 416 g/mol. The van der Waals surface area contributed by atoms with Gasteiger partial charge in [-0.2, -0.15) is 0 Å². The molecule has 1 N–H and O–H groups in total. The van der Waals surface area contributed by atoms with Crippen LogP contribution in [0.15, 0.2) is 12.1 Å². The van der Waals surface area contributed by atoms with E-state index in [1.165, 1.54) is 18.3 Å². The quantitative estimate of drug-likeness (QED) is 0.773. The zero-order valence-electron chi connectivity index (χ0n) is 16.2. The Kier molecular flexibility index (Phi) is 7.28. The van der Waals surface area contributed by atoms with Crippen molar-refractivity contribution in [1.82, 2.24) is 10.2 Å². The topological polar surface area (TPSA) is 75.7 Å². The lowest BCUT2D eigenvalue weighted by atomic mass is 9.89. The number of carbonyl (C=O) groups excluding carboxylic acids is 3. The van der Waals surface area contributed by atoms with Crippen molar-refractivity contribution < 1.29 is 20.5 Å². The van der Waals surface area contributed by atoms with Crippen molar-refractivity contribution in [3.05, 3.63) is 21.3 Å². The minimum atomic E-state index is -0.531. The van der Waals surface area contributed by atoms with E-state index in [9.17, 15) is 14.4 Å². The van der Waals surface area contributed by atoms with Gasteiger partial charge < -0.3 is 15.0 Å². The molecule has 0 aliphatic carbocycles. The smallest absolute Gasteiger partial charge is 0.410 e. The van der Waals surface area contributed by atoms with Crippen molar-refractivity contribution in [3.63, 3.8) is 0 Å². The van der Waals surface area contributed by atoms with Crippen LogP contribution in [0, 0.1) is 5.92 Å². The lowest BCUT2D eigenvalue weighted by Crippen LogP contribution is -2.45. The fraction of sp³-hybridized carbons (Fsp3) is 0.632. The maximum atomic E-state index is 12.3. The van der Waals surface area contributed by atoms with E-state index in [4.69, 9.17) is 16.3 Å². The van der Waals surface area contributed by atoms with Crippen molar-refractivity contribution in [2.45, 2.75) is 58.6 Å². The van der Waals surface area contributed by atoms with Gasteiger partial charge in [0, 0.05) is 14.5 Å². The van der Waals surface area contributed by atoms with Gasteiger partial charge >= 0.3 is 6.09 Å². The highest BCUT2D eigenvalue weighted by Crippen LogP contribution is 2.25. The third kappa shape index (κ3) is 6.81. The number of hydrogen-bond donors (Lipinski definition) is 1. The Hall–Kier alpha value is -1.60. The largest absolute Gasteiger partial charge is 0.444 e. The first kappa shape index (κ1) is 21.7. The lowest BCUT2D eigenvalue weighted by molar-refractivity contribution is -0.119. The second-order valence-electron chi connectivity index (χ2n) is 7.89. The standard InChI is InChI=1S/C19H27ClN2O4S.H2/c1-12(23)14(21-17(24)15-5-6-16(20)27-15)11-13-7-9-22(10-8-13)18(25)26-19(2,3)4;/h5-6,13-14H,7-11H2,1-4H3,(H,21,24);1H. The third-order valence-corrected chi connectivity index (χ3v) is 5.66. The molecular weight excluding hydrogens is 388 g/mol. The summed E-state index contributed by atoms with van der Waals surface area (Å²) >= 11 is 7.06. The van der Waals surface area contributed by atoms with E-state index in [-0.39, 0.29) is 25.1 Å². The number of ketones is 1. The average molecular weight is 417 g/mol. The Balaban J connectivity index is 0.00000392. The highest BCUT2D eigenvalue weighted by molar-refractivity contribution is 7.18. The van der Waals surface area contributed by atoms with Gasteiger partial charge in [-0.25, -0.2) is 4.79 Å². The molecule has 0 saturated carbocycles. The number of rotatable bonds is 5. The molecule has 0 spiro atoms. The average Bonchev–Trinajstić information content (AvgIpc) is 2.99. The fourth-order valence-corrected chi connectivity index (χ4v) is 3.95. The third-order valence-electron chi connectivity index (χ3n) is 4.43. The van der Waals surface area contributed by atoms with Crippen molar-refractivity contribution in [3.8, 4) is 0 Å². The molecule has 1 atom stereocenters. The summed E-state index contributed by atoms with van der Waals surface area (Å²) in [7, 11) is 0. The number of likely N-dealkylation sites (tertiary alicyclic amines) is 1. The summed E-state index contributed by atoms with van der Waals surface area (Å²) in [5.41, 5.74) is -0.511. The molecule has 27 heavy (non-hydrogen) atoms. The van der Waals surface area contributed by atoms with E-state index >= 15 is 0 Å². The van der Waals surface area contributed by atoms with Gasteiger partial charge in [0.2, 0.25) is 0 Å². The van der Waals surface area contributed by atoms with Crippen LogP contribution in [0.3, 0.4) is 0 Å². The number of ether oxygens (including phenoxy) is 1. The molecule has 1 saturated heterocycles. The van der Waals surface area contributed by atoms with Gasteiger partial charge in [-0.15, -0.1) is 11.3 Å². The van der Waals surface area contributed by atoms with Gasteiger partial charge in [0.05, 0.1) is 15.3 Å². The van der Waals surface area contributed by atoms with Gasteiger partial charge in [-0.3, -0.25) is 9.59 Å². The number of amides is 2. The summed E-state index contributed by atoms with van der Waals surface area (Å²) in [6.07, 6.45) is 1.84. The molecule has 0 aromatic carbocycles. The van der Waals surface area contributed by atoms with Crippen LogP contribution in [-0.2, 0) is 9.53 Å².